The minimum atomic E-state index is -3.60. The molecular formula is C25H24N4O3S2. The van der Waals surface area contributed by atoms with E-state index in [0.717, 1.165) is 26.3 Å². The third kappa shape index (κ3) is 4.96. The molecule has 1 amide bonds. The normalized spacial score (nSPS) is 12.6. The molecule has 0 aliphatic rings. The van der Waals surface area contributed by atoms with Crippen LogP contribution in [-0.4, -0.2) is 48.2 Å². The van der Waals surface area contributed by atoms with Crippen molar-refractivity contribution in [2.24, 2.45) is 0 Å². The molecule has 4 aromatic rings. The minimum Gasteiger partial charge on any atom is -0.325 e. The van der Waals surface area contributed by atoms with Crippen LogP contribution in [0.1, 0.15) is 6.92 Å². The summed E-state index contributed by atoms with van der Waals surface area (Å²) in [6.07, 6.45) is 0. The van der Waals surface area contributed by atoms with Crippen molar-refractivity contribution < 1.29 is 13.2 Å². The molecular weight excluding hydrogens is 468 g/mol. The molecule has 1 atom stereocenters. The monoisotopic (exact) mass is 492 g/mol. The number of nitrogens with one attached hydrogen (secondary N) is 1. The van der Waals surface area contributed by atoms with E-state index >= 15 is 0 Å². The highest BCUT2D eigenvalue weighted by Crippen LogP contribution is 2.33. The summed E-state index contributed by atoms with van der Waals surface area (Å²) in [6.45, 7) is 1.78. The van der Waals surface area contributed by atoms with Crippen LogP contribution >= 0.6 is 11.8 Å². The van der Waals surface area contributed by atoms with E-state index in [-0.39, 0.29) is 10.8 Å². The van der Waals surface area contributed by atoms with Gasteiger partial charge in [-0.3, -0.25) is 4.79 Å². The van der Waals surface area contributed by atoms with Gasteiger partial charge in [-0.05, 0) is 25.1 Å². The van der Waals surface area contributed by atoms with Gasteiger partial charge in [0.2, 0.25) is 15.9 Å². The molecule has 1 N–H and O–H groups in total. The van der Waals surface area contributed by atoms with Crippen molar-refractivity contribution in [1.82, 2.24) is 14.5 Å². The second kappa shape index (κ2) is 9.92. The second-order valence-electron chi connectivity index (χ2n) is 7.83. The zero-order chi connectivity index (χ0) is 24.3. The van der Waals surface area contributed by atoms with Crippen molar-refractivity contribution in [1.29, 1.82) is 0 Å². The second-order valence-corrected chi connectivity index (χ2v) is 11.3. The number of hydrogen-bond acceptors (Lipinski definition) is 6. The zero-order valence-electron chi connectivity index (χ0n) is 19.0. The average molecular weight is 493 g/mol. The first-order valence-electron chi connectivity index (χ1n) is 10.6. The fraction of sp³-hybridized carbons (Fsp3) is 0.160. The fourth-order valence-electron chi connectivity index (χ4n) is 3.39. The highest BCUT2D eigenvalue weighted by molar-refractivity contribution is 8.00. The summed E-state index contributed by atoms with van der Waals surface area (Å²) in [6, 6.07) is 23.9. The van der Waals surface area contributed by atoms with E-state index in [9.17, 15) is 13.2 Å². The van der Waals surface area contributed by atoms with Crippen LogP contribution in [0.4, 0.5) is 5.69 Å². The number of aromatic nitrogens is 2. The van der Waals surface area contributed by atoms with Gasteiger partial charge in [0.15, 0.2) is 0 Å². The SMILES string of the molecule is C[C@@H](Sc1nnc(-c2ccccc2)c2ccccc12)C(=O)Nc1cccc(S(=O)(=O)N(C)C)c1. The van der Waals surface area contributed by atoms with Crippen LogP contribution in [-0.2, 0) is 14.8 Å². The number of fused-ring (bicyclic) bond motifs is 1. The van der Waals surface area contributed by atoms with E-state index in [1.807, 2.05) is 54.6 Å². The van der Waals surface area contributed by atoms with Crippen molar-refractivity contribution in [3.8, 4) is 11.3 Å². The molecule has 34 heavy (non-hydrogen) atoms. The van der Waals surface area contributed by atoms with Gasteiger partial charge in [0.05, 0.1) is 10.1 Å². The third-order valence-electron chi connectivity index (χ3n) is 5.24. The molecule has 0 bridgehead atoms. The lowest BCUT2D eigenvalue weighted by molar-refractivity contribution is -0.115. The maximum absolute atomic E-state index is 12.9. The van der Waals surface area contributed by atoms with Crippen molar-refractivity contribution in [3.05, 3.63) is 78.9 Å². The van der Waals surface area contributed by atoms with Gasteiger partial charge >= 0.3 is 0 Å². The van der Waals surface area contributed by atoms with E-state index in [1.165, 1.54) is 38.0 Å². The van der Waals surface area contributed by atoms with E-state index < -0.39 is 15.3 Å². The van der Waals surface area contributed by atoms with Gasteiger partial charge < -0.3 is 5.32 Å². The summed E-state index contributed by atoms with van der Waals surface area (Å²) in [4.78, 5) is 13.0. The Morgan fingerprint density at radius 3 is 2.29 bits per heavy atom. The molecule has 3 aromatic carbocycles. The molecule has 0 radical (unpaired) electrons. The molecule has 1 heterocycles. The number of amides is 1. The van der Waals surface area contributed by atoms with Crippen LogP contribution in [0, 0.1) is 0 Å². The number of hydrogen-bond donors (Lipinski definition) is 1. The van der Waals surface area contributed by atoms with Crippen molar-refractivity contribution in [2.75, 3.05) is 19.4 Å². The quantitative estimate of drug-likeness (QED) is 0.377. The zero-order valence-corrected chi connectivity index (χ0v) is 20.6. The fourth-order valence-corrected chi connectivity index (χ4v) is 5.23. The van der Waals surface area contributed by atoms with Crippen LogP contribution < -0.4 is 5.32 Å². The van der Waals surface area contributed by atoms with E-state index in [2.05, 4.69) is 15.5 Å². The predicted molar refractivity (Wildman–Crippen MR) is 136 cm³/mol. The van der Waals surface area contributed by atoms with E-state index in [0.29, 0.717) is 10.7 Å². The first-order chi connectivity index (χ1) is 16.3. The van der Waals surface area contributed by atoms with Gasteiger partial charge in [-0.15, -0.1) is 10.2 Å². The third-order valence-corrected chi connectivity index (χ3v) is 8.14. The Bertz CT molecular complexity index is 1440. The van der Waals surface area contributed by atoms with Gasteiger partial charge in [-0.25, -0.2) is 12.7 Å². The number of thioether (sulfide) groups is 1. The lowest BCUT2D eigenvalue weighted by atomic mass is 10.1. The summed E-state index contributed by atoms with van der Waals surface area (Å²) < 4.78 is 25.9. The predicted octanol–water partition coefficient (Wildman–Crippen LogP) is 4.67. The van der Waals surface area contributed by atoms with Gasteiger partial charge in [-0.2, -0.15) is 0 Å². The highest BCUT2D eigenvalue weighted by atomic mass is 32.2. The Morgan fingerprint density at radius 2 is 1.59 bits per heavy atom. The molecule has 1 aromatic heterocycles. The van der Waals surface area contributed by atoms with Gasteiger partial charge in [-0.1, -0.05) is 72.4 Å². The Balaban J connectivity index is 1.56. The lowest BCUT2D eigenvalue weighted by Crippen LogP contribution is -2.24. The maximum Gasteiger partial charge on any atom is 0.242 e. The Morgan fingerprint density at radius 1 is 0.912 bits per heavy atom. The molecule has 4 rings (SSSR count). The molecule has 0 saturated heterocycles. The van der Waals surface area contributed by atoms with Crippen LogP contribution in [0.5, 0.6) is 0 Å². The largest absolute Gasteiger partial charge is 0.325 e. The van der Waals surface area contributed by atoms with Gasteiger partial charge in [0, 0.05) is 36.1 Å². The van der Waals surface area contributed by atoms with E-state index in [4.69, 9.17) is 0 Å². The maximum atomic E-state index is 12.9. The Labute approximate surface area is 203 Å². The van der Waals surface area contributed by atoms with Crippen LogP contribution in [0.15, 0.2) is 88.8 Å². The standard InChI is InChI=1S/C25H24N4O3S2/c1-17(24(30)26-19-12-9-13-20(16-19)34(31,32)29(2)3)33-25-22-15-8-7-14-21(22)23(27-28-25)18-10-5-4-6-11-18/h4-17H,1-3H3,(H,26,30)/t17-/m1/s1. The highest BCUT2D eigenvalue weighted by Gasteiger charge is 2.21. The number of benzene rings is 3. The summed E-state index contributed by atoms with van der Waals surface area (Å²) >= 11 is 1.31. The Hall–Kier alpha value is -3.27. The molecule has 0 fully saturated rings. The molecule has 0 aliphatic carbocycles. The van der Waals surface area contributed by atoms with Crippen LogP contribution in [0.3, 0.4) is 0 Å². The summed E-state index contributed by atoms with van der Waals surface area (Å²) in [5.74, 6) is -0.262. The van der Waals surface area contributed by atoms with Crippen molar-refractivity contribution in [3.63, 3.8) is 0 Å². The van der Waals surface area contributed by atoms with Crippen molar-refractivity contribution >= 4 is 44.2 Å². The summed E-state index contributed by atoms with van der Waals surface area (Å²) in [5, 5.41) is 13.7. The minimum absolute atomic E-state index is 0.115. The number of rotatable bonds is 7. The van der Waals surface area contributed by atoms with Gasteiger partial charge in [0.1, 0.15) is 10.7 Å². The number of carbonyl (C=O) groups excluding carboxylic acids is 1. The molecule has 0 saturated carbocycles. The van der Waals surface area contributed by atoms with Gasteiger partial charge in [0.25, 0.3) is 0 Å². The lowest BCUT2D eigenvalue weighted by Gasteiger charge is -2.15. The number of anilines is 1. The summed E-state index contributed by atoms with van der Waals surface area (Å²) in [5.41, 5.74) is 2.17. The first-order valence-corrected chi connectivity index (χ1v) is 12.9. The average Bonchev–Trinajstić information content (AvgIpc) is 2.84. The number of nitrogens with zero attached hydrogens (tertiary/aromatic N) is 3. The van der Waals surface area contributed by atoms with Crippen molar-refractivity contribution in [2.45, 2.75) is 22.1 Å². The topological polar surface area (TPSA) is 92.3 Å². The summed E-state index contributed by atoms with van der Waals surface area (Å²) in [7, 11) is -0.665. The first kappa shape index (κ1) is 23.9. The van der Waals surface area contributed by atoms with Crippen LogP contribution in [0.25, 0.3) is 22.0 Å². The molecule has 174 valence electrons. The number of sulfonamides is 1. The molecule has 0 spiro atoms. The molecule has 7 nitrogen and oxygen atoms in total. The molecule has 0 aliphatic heterocycles. The van der Waals surface area contributed by atoms with E-state index in [1.54, 1.807) is 19.1 Å². The number of carbonyl (C=O) groups is 1. The van der Waals surface area contributed by atoms with Crippen LogP contribution in [0.2, 0.25) is 0 Å². The molecule has 9 heteroatoms. The molecule has 0 unspecified atom stereocenters. The smallest absolute Gasteiger partial charge is 0.242 e. The Kier molecular flexibility index (Phi) is 6.97.